The predicted molar refractivity (Wildman–Crippen MR) is 153 cm³/mol. The van der Waals surface area contributed by atoms with Crippen LogP contribution in [0.5, 0.6) is 5.75 Å². The minimum absolute atomic E-state index is 0.0656. The molecule has 1 saturated heterocycles. The molecule has 11 heteroatoms. The molecule has 0 saturated carbocycles. The van der Waals surface area contributed by atoms with Crippen LogP contribution in [-0.2, 0) is 16.0 Å². The molecule has 0 amide bonds. The first-order valence-electron chi connectivity index (χ1n) is 13.0. The molecule has 4 heterocycles. The number of benzene rings is 2. The Hall–Kier alpha value is -5.00. The number of carbonyl (C=O) groups is 1. The molecule has 3 aromatic heterocycles. The zero-order valence-electron chi connectivity index (χ0n) is 22.5. The third-order valence-electron chi connectivity index (χ3n) is 6.79. The van der Waals surface area contributed by atoms with E-state index in [1.165, 1.54) is 4.52 Å². The molecule has 5 aromatic rings. The molecule has 1 fully saturated rings. The lowest BCUT2D eigenvalue weighted by molar-refractivity contribution is -0.0443. The molecule has 0 unspecified atom stereocenters. The van der Waals surface area contributed by atoms with Crippen molar-refractivity contribution in [1.29, 1.82) is 0 Å². The van der Waals surface area contributed by atoms with Crippen LogP contribution in [-0.4, -0.2) is 58.0 Å². The number of carboxylic acids is 1. The van der Waals surface area contributed by atoms with E-state index in [2.05, 4.69) is 20.4 Å². The summed E-state index contributed by atoms with van der Waals surface area (Å²) in [6.07, 6.45) is 2.93. The molecule has 2 aromatic carbocycles. The molecule has 41 heavy (non-hydrogen) atoms. The van der Waals surface area contributed by atoms with E-state index in [-0.39, 0.29) is 17.8 Å². The van der Waals surface area contributed by atoms with Crippen molar-refractivity contribution in [3.05, 3.63) is 95.9 Å². The number of anilines is 3. The van der Waals surface area contributed by atoms with Gasteiger partial charge in [0.15, 0.2) is 23.4 Å². The number of pyridine rings is 1. The summed E-state index contributed by atoms with van der Waals surface area (Å²) in [4.78, 5) is 23.6. The van der Waals surface area contributed by atoms with Crippen LogP contribution in [0, 0.1) is 0 Å². The van der Waals surface area contributed by atoms with Crippen molar-refractivity contribution >= 4 is 28.8 Å². The van der Waals surface area contributed by atoms with Crippen LogP contribution in [0.2, 0.25) is 0 Å². The van der Waals surface area contributed by atoms with Crippen molar-refractivity contribution in [2.75, 3.05) is 37.6 Å². The van der Waals surface area contributed by atoms with Gasteiger partial charge in [-0.3, -0.25) is 4.98 Å². The highest BCUT2D eigenvalue weighted by molar-refractivity contribution is 5.95. The summed E-state index contributed by atoms with van der Waals surface area (Å²) in [6, 6.07) is 21.0. The van der Waals surface area contributed by atoms with Crippen molar-refractivity contribution in [2.45, 2.75) is 12.8 Å². The number of fused-ring (bicyclic) bond motifs is 1. The van der Waals surface area contributed by atoms with E-state index < -0.39 is 5.97 Å². The van der Waals surface area contributed by atoms with Gasteiger partial charge in [0, 0.05) is 36.6 Å². The molecule has 208 valence electrons. The average molecular weight is 553 g/mol. The van der Waals surface area contributed by atoms with Crippen LogP contribution < -0.4 is 15.0 Å². The van der Waals surface area contributed by atoms with Gasteiger partial charge in [-0.2, -0.15) is 5.10 Å². The predicted octanol–water partition coefficient (Wildman–Crippen LogP) is 4.92. The number of nitrogens with zero attached hydrogens (tertiary/aromatic N) is 5. The largest absolute Gasteiger partial charge is 0.497 e. The lowest BCUT2D eigenvalue weighted by atomic mass is 10.1. The number of ether oxygens (including phenoxy) is 3. The normalized spacial score (nSPS) is 13.4. The summed E-state index contributed by atoms with van der Waals surface area (Å²) in [5.74, 6) is -0.179. The molecular weight excluding hydrogens is 524 g/mol. The maximum atomic E-state index is 12.4. The second kappa shape index (κ2) is 11.2. The van der Waals surface area contributed by atoms with Gasteiger partial charge in [-0.05, 0) is 42.0 Å². The smallest absolute Gasteiger partial charge is 0.358 e. The number of hydrogen-bond acceptors (Lipinski definition) is 9. The van der Waals surface area contributed by atoms with Crippen LogP contribution in [0.4, 0.5) is 17.2 Å². The summed E-state index contributed by atoms with van der Waals surface area (Å²) in [6.45, 7) is 1.71. The van der Waals surface area contributed by atoms with Crippen LogP contribution in [0.25, 0.3) is 16.9 Å². The van der Waals surface area contributed by atoms with Gasteiger partial charge in [-0.1, -0.05) is 30.3 Å². The molecule has 6 rings (SSSR count). The van der Waals surface area contributed by atoms with Crippen molar-refractivity contribution in [3.8, 4) is 17.0 Å². The Kier molecular flexibility index (Phi) is 7.19. The van der Waals surface area contributed by atoms with E-state index in [0.29, 0.717) is 31.1 Å². The molecule has 1 aliphatic rings. The van der Waals surface area contributed by atoms with Crippen LogP contribution in [0.3, 0.4) is 0 Å². The minimum Gasteiger partial charge on any atom is -0.497 e. The Labute approximate surface area is 236 Å². The lowest BCUT2D eigenvalue weighted by Gasteiger charge is -2.19. The average Bonchev–Trinajstić information content (AvgIpc) is 3.66. The fourth-order valence-corrected chi connectivity index (χ4v) is 4.76. The molecule has 0 spiro atoms. The molecule has 11 nitrogen and oxygen atoms in total. The fourth-order valence-electron chi connectivity index (χ4n) is 4.76. The van der Waals surface area contributed by atoms with E-state index >= 15 is 0 Å². The molecule has 0 aliphatic carbocycles. The standard InChI is InChI=1S/C30H28N6O5/c1-35(18-19-6-9-23(39-2)10-7-19)25-12-13-32-36-26(29(37)38)27(34-28(25)36)33-22-5-3-4-20(16-22)24-11-8-21(17-31-24)30-40-14-15-41-30/h3-13,16-17,30,33H,14-15,18H2,1-2H3,(H,37,38). The van der Waals surface area contributed by atoms with Gasteiger partial charge in [-0.15, -0.1) is 0 Å². The molecule has 0 bridgehead atoms. The van der Waals surface area contributed by atoms with Gasteiger partial charge in [0.1, 0.15) is 5.75 Å². The van der Waals surface area contributed by atoms with Crippen molar-refractivity contribution in [1.82, 2.24) is 19.6 Å². The number of aromatic carboxylic acids is 1. The van der Waals surface area contributed by atoms with E-state index in [9.17, 15) is 9.90 Å². The number of aromatic nitrogens is 4. The number of hydrogen-bond donors (Lipinski definition) is 2. The quantitative estimate of drug-likeness (QED) is 0.260. The number of nitrogens with one attached hydrogen (secondary N) is 1. The molecule has 2 N–H and O–H groups in total. The summed E-state index contributed by atoms with van der Waals surface area (Å²) in [7, 11) is 3.56. The second-order valence-electron chi connectivity index (χ2n) is 9.53. The third-order valence-corrected chi connectivity index (χ3v) is 6.79. The Morgan fingerprint density at radius 1 is 1.12 bits per heavy atom. The summed E-state index contributed by atoms with van der Waals surface area (Å²) >= 11 is 0. The summed E-state index contributed by atoms with van der Waals surface area (Å²) in [5.41, 5.74) is 5.29. The Morgan fingerprint density at radius 2 is 1.93 bits per heavy atom. The molecule has 0 radical (unpaired) electrons. The maximum Gasteiger partial charge on any atom is 0.358 e. The lowest BCUT2D eigenvalue weighted by Crippen LogP contribution is -2.18. The fraction of sp³-hybridized carbons (Fsp3) is 0.200. The first-order chi connectivity index (χ1) is 20.0. The highest BCUT2D eigenvalue weighted by Gasteiger charge is 2.23. The van der Waals surface area contributed by atoms with Crippen molar-refractivity contribution in [2.24, 2.45) is 0 Å². The first kappa shape index (κ1) is 26.2. The van der Waals surface area contributed by atoms with E-state index in [0.717, 1.165) is 33.8 Å². The summed E-state index contributed by atoms with van der Waals surface area (Å²) < 4.78 is 17.7. The zero-order chi connectivity index (χ0) is 28.3. The Morgan fingerprint density at radius 3 is 2.63 bits per heavy atom. The van der Waals surface area contributed by atoms with E-state index in [1.54, 1.807) is 19.5 Å². The van der Waals surface area contributed by atoms with Gasteiger partial charge >= 0.3 is 5.97 Å². The first-order valence-corrected chi connectivity index (χ1v) is 13.0. The number of carboxylic acid groups (broad SMARTS) is 1. The zero-order valence-corrected chi connectivity index (χ0v) is 22.5. The van der Waals surface area contributed by atoms with Gasteiger partial charge in [0.05, 0.1) is 37.9 Å². The van der Waals surface area contributed by atoms with Gasteiger partial charge in [-0.25, -0.2) is 14.3 Å². The number of imidazole rings is 1. The van der Waals surface area contributed by atoms with Crippen molar-refractivity contribution < 1.29 is 24.1 Å². The SMILES string of the molecule is COc1ccc(CN(C)c2ccnn3c(C(=O)O)c(Nc4cccc(-c5ccc(C6OCCO6)cn5)c4)nc23)cc1. The van der Waals surface area contributed by atoms with Gasteiger partial charge in [0.2, 0.25) is 0 Å². The Balaban J connectivity index is 1.28. The second-order valence-corrected chi connectivity index (χ2v) is 9.53. The monoisotopic (exact) mass is 552 g/mol. The highest BCUT2D eigenvalue weighted by atomic mass is 16.7. The molecule has 0 atom stereocenters. The molecular formula is C30H28N6O5. The van der Waals surface area contributed by atoms with Gasteiger partial charge < -0.3 is 29.5 Å². The van der Waals surface area contributed by atoms with Crippen LogP contribution >= 0.6 is 0 Å². The molecule has 1 aliphatic heterocycles. The Bertz CT molecular complexity index is 1680. The van der Waals surface area contributed by atoms with E-state index in [1.807, 2.05) is 78.7 Å². The van der Waals surface area contributed by atoms with Crippen molar-refractivity contribution in [3.63, 3.8) is 0 Å². The minimum atomic E-state index is -1.15. The van der Waals surface area contributed by atoms with Gasteiger partial charge in [0.25, 0.3) is 0 Å². The van der Waals surface area contributed by atoms with E-state index in [4.69, 9.17) is 14.2 Å². The number of methoxy groups -OCH3 is 1. The topological polar surface area (TPSA) is 123 Å². The number of rotatable bonds is 9. The summed E-state index contributed by atoms with van der Waals surface area (Å²) in [5, 5.41) is 17.6. The highest BCUT2D eigenvalue weighted by Crippen LogP contribution is 2.30. The third kappa shape index (κ3) is 5.40. The van der Waals surface area contributed by atoms with Crippen LogP contribution in [0.1, 0.15) is 27.9 Å². The maximum absolute atomic E-state index is 12.4. The van der Waals surface area contributed by atoms with Crippen LogP contribution in [0.15, 0.2) is 79.1 Å².